The van der Waals surface area contributed by atoms with Gasteiger partial charge in [0.05, 0.1) is 0 Å². The summed E-state index contributed by atoms with van der Waals surface area (Å²) in [6.45, 7) is 6.58. The minimum absolute atomic E-state index is 0.0158. The van der Waals surface area contributed by atoms with Crippen molar-refractivity contribution in [2.45, 2.75) is 38.6 Å². The molecule has 1 saturated heterocycles. The summed E-state index contributed by atoms with van der Waals surface area (Å²) >= 11 is 0. The number of rotatable bonds is 4. The molecule has 3 fully saturated rings. The van der Waals surface area contributed by atoms with E-state index in [1.807, 2.05) is 4.90 Å². The Balaban J connectivity index is 1.58. The highest BCUT2D eigenvalue weighted by Gasteiger charge is 2.58. The minimum Gasteiger partial charge on any atom is -0.352 e. The number of hydrogen-bond donors (Lipinski definition) is 1. The topological polar surface area (TPSA) is 52.7 Å². The molecule has 0 aromatic heterocycles. The van der Waals surface area contributed by atoms with Crippen LogP contribution in [0.2, 0.25) is 0 Å². The quantitative estimate of drug-likeness (QED) is 0.739. The number of nitrogens with zero attached hydrogens (tertiary/aromatic N) is 2. The largest absolute Gasteiger partial charge is 0.352 e. The zero-order valence-electron chi connectivity index (χ0n) is 11.7. The standard InChI is InChI=1S/C14H23N3O2/c1-2-16-7-9-17(10-8-16)13(19)14(5-6-14)12(18)15-11-3-4-11/h11H,2-10H2,1H3,(H,15,18). The van der Waals surface area contributed by atoms with E-state index >= 15 is 0 Å². The molecule has 0 unspecified atom stereocenters. The van der Waals surface area contributed by atoms with Crippen molar-refractivity contribution < 1.29 is 9.59 Å². The lowest BCUT2D eigenvalue weighted by Gasteiger charge is -2.35. The van der Waals surface area contributed by atoms with Crippen molar-refractivity contribution in [1.82, 2.24) is 15.1 Å². The third-order valence-electron chi connectivity index (χ3n) is 4.61. The smallest absolute Gasteiger partial charge is 0.238 e. The molecule has 0 spiro atoms. The van der Waals surface area contributed by atoms with Crippen molar-refractivity contribution >= 4 is 11.8 Å². The van der Waals surface area contributed by atoms with Crippen LogP contribution in [0.1, 0.15) is 32.6 Å². The predicted octanol–water partition coefficient (Wildman–Crippen LogP) is 0.209. The third kappa shape index (κ3) is 2.48. The van der Waals surface area contributed by atoms with Gasteiger partial charge in [0.2, 0.25) is 11.8 Å². The first-order valence-electron chi connectivity index (χ1n) is 7.48. The third-order valence-corrected chi connectivity index (χ3v) is 4.61. The number of nitrogens with one attached hydrogen (secondary N) is 1. The average Bonchev–Trinajstić information content (AvgIpc) is 3.31. The zero-order valence-corrected chi connectivity index (χ0v) is 11.7. The lowest BCUT2D eigenvalue weighted by molar-refractivity contribution is -0.145. The van der Waals surface area contributed by atoms with Crippen LogP contribution in [0, 0.1) is 5.41 Å². The fourth-order valence-electron chi connectivity index (χ4n) is 2.78. The Morgan fingerprint density at radius 2 is 1.79 bits per heavy atom. The fraction of sp³-hybridized carbons (Fsp3) is 0.857. The summed E-state index contributed by atoms with van der Waals surface area (Å²) in [4.78, 5) is 29.0. The van der Waals surface area contributed by atoms with Gasteiger partial charge in [-0.3, -0.25) is 9.59 Å². The Labute approximate surface area is 114 Å². The van der Waals surface area contributed by atoms with Gasteiger partial charge in [-0.05, 0) is 32.2 Å². The van der Waals surface area contributed by atoms with Crippen LogP contribution in [0.15, 0.2) is 0 Å². The molecule has 5 nitrogen and oxygen atoms in total. The van der Waals surface area contributed by atoms with Gasteiger partial charge in [-0.2, -0.15) is 0 Å². The van der Waals surface area contributed by atoms with E-state index in [9.17, 15) is 9.59 Å². The molecule has 3 aliphatic rings. The number of hydrogen-bond acceptors (Lipinski definition) is 3. The van der Waals surface area contributed by atoms with E-state index in [4.69, 9.17) is 0 Å². The van der Waals surface area contributed by atoms with E-state index in [1.54, 1.807) is 0 Å². The van der Waals surface area contributed by atoms with Crippen LogP contribution in [-0.2, 0) is 9.59 Å². The molecular weight excluding hydrogens is 242 g/mol. The van der Waals surface area contributed by atoms with E-state index < -0.39 is 5.41 Å². The van der Waals surface area contributed by atoms with Crippen LogP contribution in [-0.4, -0.2) is 60.4 Å². The van der Waals surface area contributed by atoms with E-state index in [2.05, 4.69) is 17.1 Å². The second kappa shape index (κ2) is 4.78. The molecule has 2 amide bonds. The second-order valence-corrected chi connectivity index (χ2v) is 6.06. The highest BCUT2D eigenvalue weighted by atomic mass is 16.2. The molecular formula is C14H23N3O2. The number of likely N-dealkylation sites (N-methyl/N-ethyl adjacent to an activating group) is 1. The molecule has 0 bridgehead atoms. The Hall–Kier alpha value is -1.10. The predicted molar refractivity (Wildman–Crippen MR) is 71.5 cm³/mol. The van der Waals surface area contributed by atoms with Gasteiger partial charge in [-0.25, -0.2) is 0 Å². The van der Waals surface area contributed by atoms with Gasteiger partial charge in [0.25, 0.3) is 0 Å². The van der Waals surface area contributed by atoms with Crippen LogP contribution in [0.4, 0.5) is 0 Å². The summed E-state index contributed by atoms with van der Waals surface area (Å²) in [5.74, 6) is 0.0549. The monoisotopic (exact) mass is 265 g/mol. The summed E-state index contributed by atoms with van der Waals surface area (Å²) in [5, 5.41) is 3.00. The molecule has 1 aliphatic heterocycles. The van der Waals surface area contributed by atoms with Gasteiger partial charge in [-0.15, -0.1) is 0 Å². The molecule has 0 radical (unpaired) electrons. The van der Waals surface area contributed by atoms with Gasteiger partial charge >= 0.3 is 0 Å². The van der Waals surface area contributed by atoms with Crippen molar-refractivity contribution in [3.05, 3.63) is 0 Å². The molecule has 2 aliphatic carbocycles. The Morgan fingerprint density at radius 3 is 2.26 bits per heavy atom. The van der Waals surface area contributed by atoms with Crippen LogP contribution in [0.25, 0.3) is 0 Å². The van der Waals surface area contributed by atoms with Crippen LogP contribution in [0.5, 0.6) is 0 Å². The number of carbonyl (C=O) groups excluding carboxylic acids is 2. The molecule has 1 heterocycles. The first kappa shape index (κ1) is 12.9. The molecule has 3 rings (SSSR count). The van der Waals surface area contributed by atoms with Crippen LogP contribution >= 0.6 is 0 Å². The minimum atomic E-state index is -0.697. The van der Waals surface area contributed by atoms with Crippen LogP contribution in [0.3, 0.4) is 0 Å². The van der Waals surface area contributed by atoms with Crippen molar-refractivity contribution in [2.24, 2.45) is 5.41 Å². The van der Waals surface area contributed by atoms with Gasteiger partial charge < -0.3 is 15.1 Å². The van der Waals surface area contributed by atoms with Crippen molar-refractivity contribution in [3.63, 3.8) is 0 Å². The second-order valence-electron chi connectivity index (χ2n) is 6.06. The molecule has 5 heteroatoms. The summed E-state index contributed by atoms with van der Waals surface area (Å²) in [5.41, 5.74) is -0.697. The molecule has 19 heavy (non-hydrogen) atoms. The summed E-state index contributed by atoms with van der Waals surface area (Å²) < 4.78 is 0. The Kier molecular flexibility index (Phi) is 3.25. The van der Waals surface area contributed by atoms with Crippen LogP contribution < -0.4 is 5.32 Å². The number of carbonyl (C=O) groups is 2. The Bertz CT molecular complexity index is 380. The molecule has 0 aromatic carbocycles. The molecule has 0 atom stereocenters. The molecule has 106 valence electrons. The van der Waals surface area contributed by atoms with E-state index in [-0.39, 0.29) is 11.8 Å². The van der Waals surface area contributed by atoms with Crippen molar-refractivity contribution in [2.75, 3.05) is 32.7 Å². The van der Waals surface area contributed by atoms with E-state index in [0.717, 1.165) is 58.4 Å². The molecule has 0 aromatic rings. The van der Waals surface area contributed by atoms with Gasteiger partial charge in [0, 0.05) is 32.2 Å². The number of piperazine rings is 1. The SMILES string of the molecule is CCN1CCN(C(=O)C2(C(=O)NC3CC3)CC2)CC1. The van der Waals surface area contributed by atoms with Gasteiger partial charge in [-0.1, -0.05) is 6.92 Å². The average molecular weight is 265 g/mol. The first-order valence-corrected chi connectivity index (χ1v) is 7.48. The molecule has 1 N–H and O–H groups in total. The van der Waals surface area contributed by atoms with E-state index in [0.29, 0.717) is 6.04 Å². The highest BCUT2D eigenvalue weighted by molar-refractivity contribution is 6.08. The maximum absolute atomic E-state index is 12.6. The van der Waals surface area contributed by atoms with Gasteiger partial charge in [0.1, 0.15) is 5.41 Å². The normalized spacial score (nSPS) is 26.1. The lowest BCUT2D eigenvalue weighted by atomic mass is 10.0. The van der Waals surface area contributed by atoms with Crippen molar-refractivity contribution in [3.8, 4) is 0 Å². The maximum Gasteiger partial charge on any atom is 0.238 e. The molecule has 2 saturated carbocycles. The first-order chi connectivity index (χ1) is 9.15. The summed E-state index contributed by atoms with van der Waals surface area (Å²) in [7, 11) is 0. The number of amides is 2. The zero-order chi connectivity index (χ0) is 13.5. The van der Waals surface area contributed by atoms with Gasteiger partial charge in [0.15, 0.2) is 0 Å². The highest BCUT2D eigenvalue weighted by Crippen LogP contribution is 2.48. The maximum atomic E-state index is 12.6. The van der Waals surface area contributed by atoms with E-state index in [1.165, 1.54) is 0 Å². The fourth-order valence-corrected chi connectivity index (χ4v) is 2.78. The lowest BCUT2D eigenvalue weighted by Crippen LogP contribution is -2.53. The van der Waals surface area contributed by atoms with Crippen molar-refractivity contribution in [1.29, 1.82) is 0 Å². The summed E-state index contributed by atoms with van der Waals surface area (Å²) in [6.07, 6.45) is 3.62. The summed E-state index contributed by atoms with van der Waals surface area (Å²) in [6, 6.07) is 0.342. The Morgan fingerprint density at radius 1 is 1.16 bits per heavy atom.